The third-order valence-corrected chi connectivity index (χ3v) is 3.06. The number of aliphatic carboxylic acids is 1. The molecule has 1 aromatic rings. The van der Waals surface area contributed by atoms with Gasteiger partial charge in [0.25, 0.3) is 0 Å². The molecule has 0 aliphatic rings. The van der Waals surface area contributed by atoms with Crippen molar-refractivity contribution in [1.29, 1.82) is 5.26 Å². The van der Waals surface area contributed by atoms with Gasteiger partial charge in [0, 0.05) is 16.1 Å². The average molecular weight is 327 g/mol. The van der Waals surface area contributed by atoms with E-state index in [4.69, 9.17) is 10.4 Å². The molecule has 0 aliphatic carbocycles. The van der Waals surface area contributed by atoms with Crippen LogP contribution in [0.4, 0.5) is 0 Å². The van der Waals surface area contributed by atoms with Gasteiger partial charge in [0.1, 0.15) is 0 Å². The maximum absolute atomic E-state index is 10.4. The van der Waals surface area contributed by atoms with Crippen molar-refractivity contribution in [3.8, 4) is 6.07 Å². The number of hydrogen-bond acceptors (Lipinski definition) is 2. The number of nitriles is 1. The zero-order valence-electron chi connectivity index (χ0n) is 8.48. The lowest BCUT2D eigenvalue weighted by Gasteiger charge is -2.06. The van der Waals surface area contributed by atoms with Crippen molar-refractivity contribution in [2.24, 2.45) is 0 Å². The molecule has 0 aliphatic heterocycles. The van der Waals surface area contributed by atoms with Crippen LogP contribution >= 0.6 is 22.6 Å². The van der Waals surface area contributed by atoms with Gasteiger partial charge < -0.3 is 5.11 Å². The number of carbonyl (C=O) groups is 1. The van der Waals surface area contributed by atoms with E-state index in [9.17, 15) is 4.79 Å². The Morgan fingerprint density at radius 1 is 1.56 bits per heavy atom. The number of halogens is 1. The summed E-state index contributed by atoms with van der Waals surface area (Å²) in [5.41, 5.74) is 1.90. The first-order valence-electron chi connectivity index (χ1n) is 4.70. The summed E-state index contributed by atoms with van der Waals surface area (Å²) < 4.78 is 1.06. The Kier molecular flexibility index (Phi) is 4.99. The van der Waals surface area contributed by atoms with Crippen LogP contribution in [0.15, 0.2) is 24.3 Å². The van der Waals surface area contributed by atoms with E-state index in [1.165, 1.54) is 0 Å². The first-order chi connectivity index (χ1) is 7.65. The summed E-state index contributed by atoms with van der Waals surface area (Å²) in [7, 11) is 0. The van der Waals surface area contributed by atoms with E-state index in [2.05, 4.69) is 28.7 Å². The number of benzene rings is 1. The summed E-state index contributed by atoms with van der Waals surface area (Å²) in [5, 5.41) is 17.1. The molecule has 0 radical (unpaired) electrons. The number of rotatable bonds is 4. The Hall–Kier alpha value is -1.35. The Labute approximate surface area is 108 Å². The molecule has 0 aromatic heterocycles. The monoisotopic (exact) mass is 327 g/mol. The molecule has 0 unspecified atom stereocenters. The predicted octanol–water partition coefficient (Wildman–Crippen LogP) is 2.85. The summed E-state index contributed by atoms with van der Waals surface area (Å²) in [6.07, 6.45) is 3.77. The van der Waals surface area contributed by atoms with Crippen LogP contribution in [0.5, 0.6) is 0 Å². The average Bonchev–Trinajstić information content (AvgIpc) is 2.25. The smallest absolute Gasteiger partial charge is 0.328 e. The fourth-order valence-electron chi connectivity index (χ4n) is 1.34. The van der Waals surface area contributed by atoms with Gasteiger partial charge in [0.2, 0.25) is 0 Å². The molecule has 82 valence electrons. The SMILES string of the molecule is N#CCCc1c(I)cccc1C=CC(=O)O. The fraction of sp³-hybridized carbons (Fsp3) is 0.167. The highest BCUT2D eigenvalue weighted by molar-refractivity contribution is 14.1. The molecule has 4 heteroatoms. The van der Waals surface area contributed by atoms with Gasteiger partial charge in [0.05, 0.1) is 6.07 Å². The minimum atomic E-state index is -0.968. The Bertz CT molecular complexity index is 461. The van der Waals surface area contributed by atoms with Crippen molar-refractivity contribution < 1.29 is 9.90 Å². The molecular weight excluding hydrogens is 317 g/mol. The number of hydrogen-bond donors (Lipinski definition) is 1. The normalized spacial score (nSPS) is 10.2. The van der Waals surface area contributed by atoms with Gasteiger partial charge in [0.15, 0.2) is 0 Å². The topological polar surface area (TPSA) is 61.1 Å². The summed E-state index contributed by atoms with van der Waals surface area (Å²) in [6.45, 7) is 0. The summed E-state index contributed by atoms with van der Waals surface area (Å²) in [6, 6.07) is 7.77. The molecule has 16 heavy (non-hydrogen) atoms. The molecule has 0 bridgehead atoms. The maximum Gasteiger partial charge on any atom is 0.328 e. The molecule has 3 nitrogen and oxygen atoms in total. The number of carboxylic acids is 1. The van der Waals surface area contributed by atoms with E-state index in [0.29, 0.717) is 12.8 Å². The second kappa shape index (κ2) is 6.28. The molecular formula is C12H10INO2. The quantitative estimate of drug-likeness (QED) is 0.683. The minimum Gasteiger partial charge on any atom is -0.478 e. The van der Waals surface area contributed by atoms with Crippen LogP contribution in [0.3, 0.4) is 0 Å². The summed E-state index contributed by atoms with van der Waals surface area (Å²) >= 11 is 2.19. The molecule has 1 N–H and O–H groups in total. The van der Waals surface area contributed by atoms with Crippen molar-refractivity contribution in [1.82, 2.24) is 0 Å². The van der Waals surface area contributed by atoms with Gasteiger partial charge >= 0.3 is 5.97 Å². The third kappa shape index (κ3) is 3.66. The number of carboxylic acid groups (broad SMARTS) is 1. The molecule has 0 fully saturated rings. The lowest BCUT2D eigenvalue weighted by atomic mass is 10.0. The predicted molar refractivity (Wildman–Crippen MR) is 69.8 cm³/mol. The van der Waals surface area contributed by atoms with Crippen molar-refractivity contribution in [3.63, 3.8) is 0 Å². The second-order valence-electron chi connectivity index (χ2n) is 3.14. The van der Waals surface area contributed by atoms with Crippen LogP contribution in [0.25, 0.3) is 6.08 Å². The van der Waals surface area contributed by atoms with Crippen molar-refractivity contribution >= 4 is 34.6 Å². The van der Waals surface area contributed by atoms with Gasteiger partial charge in [-0.1, -0.05) is 12.1 Å². The van der Waals surface area contributed by atoms with Gasteiger partial charge in [-0.3, -0.25) is 0 Å². The van der Waals surface area contributed by atoms with Crippen LogP contribution < -0.4 is 0 Å². The standard InChI is InChI=1S/C12H10INO2/c13-11-5-1-3-9(6-7-12(15)16)10(11)4-2-8-14/h1,3,5-7H,2,4H2,(H,15,16). The first kappa shape index (κ1) is 12.7. The van der Waals surface area contributed by atoms with Gasteiger partial charge in [-0.2, -0.15) is 5.26 Å². The van der Waals surface area contributed by atoms with Crippen LogP contribution in [-0.4, -0.2) is 11.1 Å². The second-order valence-corrected chi connectivity index (χ2v) is 4.30. The summed E-state index contributed by atoms with van der Waals surface area (Å²) in [5.74, 6) is -0.968. The van der Waals surface area contributed by atoms with E-state index < -0.39 is 5.97 Å². The van der Waals surface area contributed by atoms with Crippen LogP contribution in [-0.2, 0) is 11.2 Å². The lowest BCUT2D eigenvalue weighted by molar-refractivity contribution is -0.131. The van der Waals surface area contributed by atoms with Gasteiger partial charge in [-0.25, -0.2) is 4.79 Å². The van der Waals surface area contributed by atoms with Gasteiger partial charge in [-0.15, -0.1) is 0 Å². The Morgan fingerprint density at radius 2 is 2.31 bits per heavy atom. The molecule has 1 aromatic carbocycles. The Morgan fingerprint density at radius 3 is 2.94 bits per heavy atom. The summed E-state index contributed by atoms with van der Waals surface area (Å²) in [4.78, 5) is 10.4. The lowest BCUT2D eigenvalue weighted by Crippen LogP contribution is -1.94. The maximum atomic E-state index is 10.4. The molecule has 0 saturated heterocycles. The van der Waals surface area contributed by atoms with E-state index in [-0.39, 0.29) is 0 Å². The molecule has 0 amide bonds. The zero-order valence-corrected chi connectivity index (χ0v) is 10.6. The Balaban J connectivity index is 3.03. The number of nitrogens with zero attached hydrogens (tertiary/aromatic N) is 1. The van der Waals surface area contributed by atoms with Crippen molar-refractivity contribution in [2.75, 3.05) is 0 Å². The zero-order chi connectivity index (χ0) is 12.0. The van der Waals surface area contributed by atoms with Crippen molar-refractivity contribution in [3.05, 3.63) is 39.0 Å². The largest absolute Gasteiger partial charge is 0.478 e. The third-order valence-electron chi connectivity index (χ3n) is 2.05. The van der Waals surface area contributed by atoms with Crippen LogP contribution in [0, 0.1) is 14.9 Å². The highest BCUT2D eigenvalue weighted by Gasteiger charge is 2.04. The molecule has 0 spiro atoms. The van der Waals surface area contributed by atoms with E-state index in [0.717, 1.165) is 20.8 Å². The molecule has 0 saturated carbocycles. The molecule has 1 rings (SSSR count). The van der Waals surface area contributed by atoms with Crippen LogP contribution in [0.2, 0.25) is 0 Å². The highest BCUT2D eigenvalue weighted by Crippen LogP contribution is 2.20. The van der Waals surface area contributed by atoms with Crippen molar-refractivity contribution in [2.45, 2.75) is 12.8 Å². The van der Waals surface area contributed by atoms with Gasteiger partial charge in [-0.05, 0) is 52.3 Å². The van der Waals surface area contributed by atoms with E-state index in [1.54, 1.807) is 6.08 Å². The minimum absolute atomic E-state index is 0.438. The fourth-order valence-corrected chi connectivity index (χ4v) is 2.13. The van der Waals surface area contributed by atoms with E-state index >= 15 is 0 Å². The first-order valence-corrected chi connectivity index (χ1v) is 5.78. The van der Waals surface area contributed by atoms with E-state index in [1.807, 2.05) is 18.2 Å². The molecule has 0 atom stereocenters. The van der Waals surface area contributed by atoms with Crippen LogP contribution in [0.1, 0.15) is 17.5 Å². The molecule has 0 heterocycles. The highest BCUT2D eigenvalue weighted by atomic mass is 127.